The van der Waals surface area contributed by atoms with Gasteiger partial charge in [0.25, 0.3) is 5.91 Å². The van der Waals surface area contributed by atoms with Gasteiger partial charge in [0.15, 0.2) is 18.1 Å². The fourth-order valence-corrected chi connectivity index (χ4v) is 3.37. The van der Waals surface area contributed by atoms with Crippen LogP contribution in [0.1, 0.15) is 22.8 Å². The first-order valence-electron chi connectivity index (χ1n) is 10.1. The second-order valence-corrected chi connectivity index (χ2v) is 7.02. The molecule has 1 fully saturated rings. The molecule has 0 aromatic heterocycles. The third-order valence-electron chi connectivity index (χ3n) is 5.00. The average Bonchev–Trinajstić information content (AvgIpc) is 2.78. The van der Waals surface area contributed by atoms with Gasteiger partial charge >= 0.3 is 5.97 Å². The third-order valence-corrected chi connectivity index (χ3v) is 5.00. The highest BCUT2D eigenvalue weighted by Gasteiger charge is 2.22. The van der Waals surface area contributed by atoms with E-state index in [0.29, 0.717) is 36.8 Å². The Balaban J connectivity index is 1.46. The number of amides is 1. The van der Waals surface area contributed by atoms with Gasteiger partial charge in [-0.3, -0.25) is 9.69 Å². The number of hydrogen-bond donors (Lipinski definition) is 0. The van der Waals surface area contributed by atoms with Gasteiger partial charge < -0.3 is 19.1 Å². The quantitative estimate of drug-likeness (QED) is 0.621. The molecule has 7 nitrogen and oxygen atoms in total. The number of ether oxygens (including phenoxy) is 3. The molecule has 1 saturated heterocycles. The SMILES string of the molecule is CCOc1cc(C(=O)OCC(=O)N2CCN(Cc3ccccc3)CC2)ccc1OC. The predicted molar refractivity (Wildman–Crippen MR) is 113 cm³/mol. The molecule has 30 heavy (non-hydrogen) atoms. The highest BCUT2D eigenvalue weighted by molar-refractivity contribution is 5.92. The minimum atomic E-state index is -0.560. The van der Waals surface area contributed by atoms with E-state index in [1.807, 2.05) is 25.1 Å². The van der Waals surface area contributed by atoms with Crippen molar-refractivity contribution in [1.29, 1.82) is 0 Å². The third kappa shape index (κ3) is 5.73. The summed E-state index contributed by atoms with van der Waals surface area (Å²) in [6, 6.07) is 15.1. The Bertz CT molecular complexity index is 848. The molecule has 0 spiro atoms. The maximum atomic E-state index is 12.5. The number of rotatable bonds is 8. The van der Waals surface area contributed by atoms with E-state index in [1.54, 1.807) is 23.1 Å². The van der Waals surface area contributed by atoms with Crippen LogP contribution in [-0.4, -0.2) is 68.2 Å². The van der Waals surface area contributed by atoms with Gasteiger partial charge in [-0.05, 0) is 30.7 Å². The summed E-state index contributed by atoms with van der Waals surface area (Å²) in [5, 5.41) is 0. The van der Waals surface area contributed by atoms with Crippen LogP contribution in [0.3, 0.4) is 0 Å². The van der Waals surface area contributed by atoms with Crippen molar-refractivity contribution in [2.75, 3.05) is 46.5 Å². The molecular formula is C23H28N2O5. The minimum absolute atomic E-state index is 0.179. The normalized spacial score (nSPS) is 14.3. The lowest BCUT2D eigenvalue weighted by Crippen LogP contribution is -2.49. The fourth-order valence-electron chi connectivity index (χ4n) is 3.37. The summed E-state index contributed by atoms with van der Waals surface area (Å²) >= 11 is 0. The van der Waals surface area contributed by atoms with E-state index in [4.69, 9.17) is 14.2 Å². The lowest BCUT2D eigenvalue weighted by Gasteiger charge is -2.34. The second-order valence-electron chi connectivity index (χ2n) is 7.02. The Labute approximate surface area is 177 Å². The molecule has 2 aromatic carbocycles. The molecule has 7 heteroatoms. The van der Waals surface area contributed by atoms with E-state index >= 15 is 0 Å². The van der Waals surface area contributed by atoms with Gasteiger partial charge in [0.1, 0.15) is 0 Å². The zero-order valence-electron chi connectivity index (χ0n) is 17.5. The maximum absolute atomic E-state index is 12.5. The van der Waals surface area contributed by atoms with Gasteiger partial charge in [0.2, 0.25) is 0 Å². The highest BCUT2D eigenvalue weighted by atomic mass is 16.5. The van der Waals surface area contributed by atoms with Gasteiger partial charge in [-0.25, -0.2) is 4.79 Å². The topological polar surface area (TPSA) is 68.3 Å². The molecule has 0 N–H and O–H groups in total. The van der Waals surface area contributed by atoms with Crippen LogP contribution in [0.25, 0.3) is 0 Å². The van der Waals surface area contributed by atoms with Crippen molar-refractivity contribution in [2.45, 2.75) is 13.5 Å². The highest BCUT2D eigenvalue weighted by Crippen LogP contribution is 2.28. The Morgan fingerprint density at radius 3 is 2.37 bits per heavy atom. The second kappa shape index (κ2) is 10.6. The summed E-state index contributed by atoms with van der Waals surface area (Å²) in [5.41, 5.74) is 1.58. The number of esters is 1. The van der Waals surface area contributed by atoms with Gasteiger partial charge in [0, 0.05) is 32.7 Å². The lowest BCUT2D eigenvalue weighted by molar-refractivity contribution is -0.136. The molecular weight excluding hydrogens is 384 g/mol. The number of carbonyl (C=O) groups excluding carboxylic acids is 2. The van der Waals surface area contributed by atoms with Gasteiger partial charge in [0.05, 0.1) is 19.3 Å². The van der Waals surface area contributed by atoms with Crippen LogP contribution >= 0.6 is 0 Å². The van der Waals surface area contributed by atoms with Gasteiger partial charge in [-0.2, -0.15) is 0 Å². The van der Waals surface area contributed by atoms with Crippen molar-refractivity contribution in [3.8, 4) is 11.5 Å². The van der Waals surface area contributed by atoms with E-state index < -0.39 is 5.97 Å². The Morgan fingerprint density at radius 2 is 1.70 bits per heavy atom. The zero-order valence-corrected chi connectivity index (χ0v) is 17.5. The minimum Gasteiger partial charge on any atom is -0.493 e. The molecule has 160 valence electrons. The maximum Gasteiger partial charge on any atom is 0.338 e. The Hall–Kier alpha value is -3.06. The molecule has 0 bridgehead atoms. The van der Waals surface area contributed by atoms with E-state index in [1.165, 1.54) is 12.7 Å². The number of piperazine rings is 1. The molecule has 0 saturated carbocycles. The summed E-state index contributed by atoms with van der Waals surface area (Å²) in [5.74, 6) is 0.268. The van der Waals surface area contributed by atoms with E-state index in [2.05, 4.69) is 17.0 Å². The molecule has 2 aromatic rings. The number of carbonyl (C=O) groups is 2. The Morgan fingerprint density at radius 1 is 0.967 bits per heavy atom. The number of methoxy groups -OCH3 is 1. The first-order chi connectivity index (χ1) is 14.6. The molecule has 1 amide bonds. The standard InChI is InChI=1S/C23H28N2O5/c1-3-29-21-15-19(9-10-20(21)28-2)23(27)30-17-22(26)25-13-11-24(12-14-25)16-18-7-5-4-6-8-18/h4-10,15H,3,11-14,16-17H2,1-2H3. The van der Waals surface area contributed by atoms with Gasteiger partial charge in [-0.15, -0.1) is 0 Å². The summed E-state index contributed by atoms with van der Waals surface area (Å²) in [6.45, 7) is 5.74. The van der Waals surface area contributed by atoms with Crippen LogP contribution in [0.4, 0.5) is 0 Å². The average molecular weight is 412 g/mol. The summed E-state index contributed by atoms with van der Waals surface area (Å²) in [7, 11) is 1.54. The first-order valence-corrected chi connectivity index (χ1v) is 10.1. The first kappa shape index (κ1) is 21.6. The van der Waals surface area contributed by atoms with E-state index in [-0.39, 0.29) is 12.5 Å². The fraction of sp³-hybridized carbons (Fsp3) is 0.391. The van der Waals surface area contributed by atoms with Crippen LogP contribution in [0.2, 0.25) is 0 Å². The number of hydrogen-bond acceptors (Lipinski definition) is 6. The van der Waals surface area contributed by atoms with Crippen LogP contribution in [-0.2, 0) is 16.1 Å². The molecule has 0 radical (unpaired) electrons. The van der Waals surface area contributed by atoms with E-state index in [9.17, 15) is 9.59 Å². The molecule has 3 rings (SSSR count). The summed E-state index contributed by atoms with van der Waals surface area (Å²) in [4.78, 5) is 28.9. The van der Waals surface area contributed by atoms with Crippen LogP contribution < -0.4 is 9.47 Å². The molecule has 1 aliphatic heterocycles. The molecule has 0 unspecified atom stereocenters. The zero-order chi connectivity index (χ0) is 21.3. The molecule has 0 aliphatic carbocycles. The van der Waals surface area contributed by atoms with Gasteiger partial charge in [-0.1, -0.05) is 30.3 Å². The van der Waals surface area contributed by atoms with Crippen molar-refractivity contribution in [1.82, 2.24) is 9.80 Å². The van der Waals surface area contributed by atoms with Crippen LogP contribution in [0, 0.1) is 0 Å². The lowest BCUT2D eigenvalue weighted by atomic mass is 10.2. The molecule has 0 atom stereocenters. The smallest absolute Gasteiger partial charge is 0.338 e. The van der Waals surface area contributed by atoms with Crippen LogP contribution in [0.15, 0.2) is 48.5 Å². The summed E-state index contributed by atoms with van der Waals surface area (Å²) < 4.78 is 15.9. The predicted octanol–water partition coefficient (Wildman–Crippen LogP) is 2.60. The number of nitrogens with zero attached hydrogens (tertiary/aromatic N) is 2. The monoisotopic (exact) mass is 412 g/mol. The van der Waals surface area contributed by atoms with E-state index in [0.717, 1.165) is 19.6 Å². The van der Waals surface area contributed by atoms with Crippen molar-refractivity contribution >= 4 is 11.9 Å². The van der Waals surface area contributed by atoms with Crippen molar-refractivity contribution in [3.63, 3.8) is 0 Å². The molecule has 1 aliphatic rings. The van der Waals surface area contributed by atoms with Crippen molar-refractivity contribution in [3.05, 3.63) is 59.7 Å². The van der Waals surface area contributed by atoms with Crippen LogP contribution in [0.5, 0.6) is 11.5 Å². The summed E-state index contributed by atoms with van der Waals surface area (Å²) in [6.07, 6.45) is 0. The largest absolute Gasteiger partial charge is 0.493 e. The Kier molecular flexibility index (Phi) is 7.68. The molecule has 1 heterocycles. The van der Waals surface area contributed by atoms with Crippen molar-refractivity contribution < 1.29 is 23.8 Å². The van der Waals surface area contributed by atoms with Crippen molar-refractivity contribution in [2.24, 2.45) is 0 Å². The number of benzene rings is 2.